The van der Waals surface area contributed by atoms with Crippen LogP contribution in [0.25, 0.3) is 0 Å². The van der Waals surface area contributed by atoms with Gasteiger partial charge in [-0.1, -0.05) is 18.3 Å². The lowest BCUT2D eigenvalue weighted by Crippen LogP contribution is -2.50. The number of nitrogen functional groups attached to an aromatic ring is 1. The van der Waals surface area contributed by atoms with Gasteiger partial charge in [0.15, 0.2) is 0 Å². The number of piperidine rings is 1. The van der Waals surface area contributed by atoms with Crippen molar-refractivity contribution in [1.82, 2.24) is 20.4 Å². The first kappa shape index (κ1) is 15.2. The van der Waals surface area contributed by atoms with Crippen molar-refractivity contribution in [2.24, 2.45) is 5.41 Å². The molecule has 1 aliphatic rings. The Bertz CT molecular complexity index is 463. The lowest BCUT2D eigenvalue weighted by Gasteiger charge is -2.38. The van der Waals surface area contributed by atoms with E-state index in [4.69, 9.17) is 5.73 Å². The second kappa shape index (κ2) is 6.49. The molecule has 0 aromatic carbocycles. The smallest absolute Gasteiger partial charge is 0.227 e. The van der Waals surface area contributed by atoms with Crippen LogP contribution in [0.2, 0.25) is 0 Å². The molecule has 0 spiro atoms. The molecule has 1 fully saturated rings. The third-order valence-corrected chi connectivity index (χ3v) is 4.69. The normalized spacial score (nSPS) is 23.7. The number of carbonyl (C=O) groups is 1. The number of aromatic nitrogens is 2. The highest BCUT2D eigenvalue weighted by Crippen LogP contribution is 2.29. The molecular weight excluding hydrogens is 274 g/mol. The largest absolute Gasteiger partial charge is 0.374 e. The van der Waals surface area contributed by atoms with Crippen LogP contribution in [0.3, 0.4) is 0 Å². The molecule has 1 unspecified atom stereocenters. The van der Waals surface area contributed by atoms with E-state index in [1.54, 1.807) is 0 Å². The van der Waals surface area contributed by atoms with Crippen LogP contribution in [0.1, 0.15) is 31.7 Å². The molecule has 0 radical (unpaired) electrons. The molecule has 0 aliphatic carbocycles. The SMILES string of the molecule is CCN1CCCC(C)(C(=O)NCCc2nnc(N)s2)C1. The first-order valence-corrected chi connectivity index (χ1v) is 7.93. The third-order valence-electron chi connectivity index (χ3n) is 3.88. The van der Waals surface area contributed by atoms with Crippen molar-refractivity contribution in [2.45, 2.75) is 33.1 Å². The summed E-state index contributed by atoms with van der Waals surface area (Å²) >= 11 is 1.37. The molecule has 20 heavy (non-hydrogen) atoms. The zero-order chi connectivity index (χ0) is 14.6. The number of anilines is 1. The van der Waals surface area contributed by atoms with Gasteiger partial charge in [-0.2, -0.15) is 0 Å². The molecule has 1 saturated heterocycles. The molecule has 112 valence electrons. The van der Waals surface area contributed by atoms with Gasteiger partial charge in [0.1, 0.15) is 5.01 Å². The van der Waals surface area contributed by atoms with E-state index in [1.165, 1.54) is 11.3 Å². The molecule has 1 amide bonds. The molecule has 7 heteroatoms. The monoisotopic (exact) mass is 297 g/mol. The number of hydrogen-bond acceptors (Lipinski definition) is 6. The maximum Gasteiger partial charge on any atom is 0.227 e. The highest BCUT2D eigenvalue weighted by atomic mass is 32.1. The van der Waals surface area contributed by atoms with Gasteiger partial charge in [0, 0.05) is 19.5 Å². The molecule has 2 heterocycles. The minimum Gasteiger partial charge on any atom is -0.374 e. The summed E-state index contributed by atoms with van der Waals surface area (Å²) in [6.07, 6.45) is 2.74. The fourth-order valence-corrected chi connectivity index (χ4v) is 3.27. The average molecular weight is 297 g/mol. The Balaban J connectivity index is 1.81. The average Bonchev–Trinajstić information content (AvgIpc) is 2.84. The van der Waals surface area contributed by atoms with E-state index in [0.29, 0.717) is 18.1 Å². The summed E-state index contributed by atoms with van der Waals surface area (Å²) in [7, 11) is 0. The van der Waals surface area contributed by atoms with Crippen LogP contribution in [-0.2, 0) is 11.2 Å². The predicted molar refractivity (Wildman–Crippen MR) is 80.5 cm³/mol. The summed E-state index contributed by atoms with van der Waals surface area (Å²) in [4.78, 5) is 14.7. The lowest BCUT2D eigenvalue weighted by molar-refractivity contribution is -0.133. The highest BCUT2D eigenvalue weighted by molar-refractivity contribution is 7.15. The van der Waals surface area contributed by atoms with E-state index >= 15 is 0 Å². The number of nitrogens with two attached hydrogens (primary N) is 1. The molecule has 0 bridgehead atoms. The van der Waals surface area contributed by atoms with Gasteiger partial charge in [0.05, 0.1) is 5.41 Å². The Morgan fingerprint density at radius 1 is 1.55 bits per heavy atom. The third kappa shape index (κ3) is 3.67. The topological polar surface area (TPSA) is 84.1 Å². The van der Waals surface area contributed by atoms with Crippen molar-refractivity contribution >= 4 is 22.4 Å². The van der Waals surface area contributed by atoms with Crippen LogP contribution in [0.4, 0.5) is 5.13 Å². The summed E-state index contributed by atoms with van der Waals surface area (Å²) in [5.41, 5.74) is 5.26. The van der Waals surface area contributed by atoms with Crippen molar-refractivity contribution in [3.05, 3.63) is 5.01 Å². The summed E-state index contributed by atoms with van der Waals surface area (Å²) < 4.78 is 0. The van der Waals surface area contributed by atoms with Gasteiger partial charge in [0.25, 0.3) is 0 Å². The van der Waals surface area contributed by atoms with E-state index in [9.17, 15) is 4.79 Å². The van der Waals surface area contributed by atoms with E-state index < -0.39 is 0 Å². The summed E-state index contributed by atoms with van der Waals surface area (Å²) in [5.74, 6) is 0.146. The minimum atomic E-state index is -0.269. The van der Waals surface area contributed by atoms with Gasteiger partial charge in [-0.3, -0.25) is 4.79 Å². The number of rotatable bonds is 5. The van der Waals surface area contributed by atoms with Crippen LogP contribution >= 0.6 is 11.3 Å². The quantitative estimate of drug-likeness (QED) is 0.843. The summed E-state index contributed by atoms with van der Waals surface area (Å²) in [5, 5.41) is 12.1. The standard InChI is InChI=1S/C13H23N5OS/c1-3-18-8-4-6-13(2,9-18)11(19)15-7-5-10-16-17-12(14)20-10/h3-9H2,1-2H3,(H2,14,17)(H,15,19). The number of nitrogens with one attached hydrogen (secondary N) is 1. The Morgan fingerprint density at radius 3 is 3.00 bits per heavy atom. The Labute approximate surface area is 123 Å². The van der Waals surface area contributed by atoms with E-state index in [1.807, 2.05) is 0 Å². The van der Waals surface area contributed by atoms with Gasteiger partial charge >= 0.3 is 0 Å². The van der Waals surface area contributed by atoms with Crippen LogP contribution < -0.4 is 11.1 Å². The zero-order valence-corrected chi connectivity index (χ0v) is 13.0. The lowest BCUT2D eigenvalue weighted by atomic mass is 9.81. The highest BCUT2D eigenvalue weighted by Gasteiger charge is 2.36. The second-order valence-corrected chi connectivity index (χ2v) is 6.67. The van der Waals surface area contributed by atoms with Crippen LogP contribution in [0.15, 0.2) is 0 Å². The Morgan fingerprint density at radius 2 is 2.35 bits per heavy atom. The van der Waals surface area contributed by atoms with Gasteiger partial charge < -0.3 is 16.0 Å². The van der Waals surface area contributed by atoms with E-state index in [0.717, 1.165) is 37.5 Å². The molecule has 0 saturated carbocycles. The van der Waals surface area contributed by atoms with Gasteiger partial charge in [0.2, 0.25) is 11.0 Å². The first-order chi connectivity index (χ1) is 9.53. The Kier molecular flexibility index (Phi) is 4.93. The van der Waals surface area contributed by atoms with Crippen molar-refractivity contribution < 1.29 is 4.79 Å². The number of likely N-dealkylation sites (tertiary alicyclic amines) is 1. The van der Waals surface area contributed by atoms with Crippen LogP contribution in [0.5, 0.6) is 0 Å². The second-order valence-electron chi connectivity index (χ2n) is 5.57. The number of amides is 1. The van der Waals surface area contributed by atoms with E-state index in [2.05, 4.69) is 34.3 Å². The predicted octanol–water partition coefficient (Wildman–Crippen LogP) is 0.901. The number of hydrogen-bond donors (Lipinski definition) is 2. The van der Waals surface area contributed by atoms with E-state index in [-0.39, 0.29) is 11.3 Å². The first-order valence-electron chi connectivity index (χ1n) is 7.12. The van der Waals surface area contributed by atoms with Crippen molar-refractivity contribution in [1.29, 1.82) is 0 Å². The molecule has 1 aliphatic heterocycles. The van der Waals surface area contributed by atoms with Crippen LogP contribution in [-0.4, -0.2) is 47.2 Å². The minimum absolute atomic E-state index is 0.146. The fourth-order valence-electron chi connectivity index (χ4n) is 2.66. The Hall–Kier alpha value is -1.21. The maximum absolute atomic E-state index is 12.4. The number of carbonyl (C=O) groups excluding carboxylic acids is 1. The van der Waals surface area contributed by atoms with Crippen molar-refractivity contribution in [3.63, 3.8) is 0 Å². The zero-order valence-electron chi connectivity index (χ0n) is 12.2. The van der Waals surface area contributed by atoms with Gasteiger partial charge in [-0.15, -0.1) is 10.2 Å². The molecule has 1 atom stereocenters. The van der Waals surface area contributed by atoms with Gasteiger partial charge in [-0.05, 0) is 32.9 Å². The van der Waals surface area contributed by atoms with Crippen molar-refractivity contribution in [2.75, 3.05) is 31.9 Å². The molecule has 6 nitrogen and oxygen atoms in total. The summed E-state index contributed by atoms with van der Waals surface area (Å²) in [6, 6.07) is 0. The molecule has 3 N–H and O–H groups in total. The van der Waals surface area contributed by atoms with Gasteiger partial charge in [-0.25, -0.2) is 0 Å². The molecule has 2 rings (SSSR count). The molecule has 1 aromatic heterocycles. The molecular formula is C13H23N5OS. The fraction of sp³-hybridized carbons (Fsp3) is 0.769. The van der Waals surface area contributed by atoms with Crippen molar-refractivity contribution in [3.8, 4) is 0 Å². The summed E-state index contributed by atoms with van der Waals surface area (Å²) in [6.45, 7) is 7.75. The number of nitrogens with zero attached hydrogens (tertiary/aromatic N) is 3. The molecule has 1 aromatic rings. The maximum atomic E-state index is 12.4. The van der Waals surface area contributed by atoms with Crippen LogP contribution in [0, 0.1) is 5.41 Å².